The van der Waals surface area contributed by atoms with Crippen LogP contribution in [0.4, 0.5) is 0 Å². The molecule has 7 aromatic rings. The molecule has 0 radical (unpaired) electrons. The van der Waals surface area contributed by atoms with Gasteiger partial charge in [0.2, 0.25) is 0 Å². The molecule has 232 valence electrons. The fraction of sp³-hybridized carbons (Fsp3) is 0.0667. The number of fused-ring (bicyclic) bond motifs is 2. The normalized spacial score (nSPS) is 14.6. The molecule has 4 aromatic carbocycles. The number of hydrogen-bond acceptors (Lipinski definition) is 4. The summed E-state index contributed by atoms with van der Waals surface area (Å²) in [4.78, 5) is 19.6. The third-order valence-electron chi connectivity index (χ3n) is 9.83. The minimum Gasteiger partial charge on any atom is -0.255 e. The highest BCUT2D eigenvalue weighted by Gasteiger charge is 2.48. The predicted molar refractivity (Wildman–Crippen MR) is 197 cm³/mol. The van der Waals surface area contributed by atoms with Gasteiger partial charge in [-0.2, -0.15) is 0 Å². The first-order valence-corrected chi connectivity index (χ1v) is 16.8. The lowest BCUT2D eigenvalue weighted by Crippen LogP contribution is -2.30. The van der Waals surface area contributed by atoms with Crippen LogP contribution >= 0.6 is 0 Å². The minimum absolute atomic E-state index is 0.522. The molecule has 3 aromatic heterocycles. The summed E-state index contributed by atoms with van der Waals surface area (Å²) in [6, 6.07) is 53.5. The molecule has 0 aliphatic heterocycles. The molecular formula is C45H32N4. The zero-order valence-electron chi connectivity index (χ0n) is 26.9. The molecule has 0 saturated heterocycles. The van der Waals surface area contributed by atoms with Crippen molar-refractivity contribution < 1.29 is 0 Å². The zero-order valence-corrected chi connectivity index (χ0v) is 26.9. The van der Waals surface area contributed by atoms with Gasteiger partial charge in [0, 0.05) is 12.4 Å². The summed E-state index contributed by atoms with van der Waals surface area (Å²) >= 11 is 0. The second kappa shape index (κ2) is 12.1. The van der Waals surface area contributed by atoms with Crippen LogP contribution in [0.5, 0.6) is 0 Å². The van der Waals surface area contributed by atoms with Gasteiger partial charge in [-0.25, -0.2) is 9.97 Å². The van der Waals surface area contributed by atoms with Gasteiger partial charge in [-0.15, -0.1) is 0 Å². The van der Waals surface area contributed by atoms with E-state index in [2.05, 4.69) is 125 Å². The Morgan fingerprint density at radius 3 is 1.61 bits per heavy atom. The van der Waals surface area contributed by atoms with Crippen molar-refractivity contribution in [1.29, 1.82) is 0 Å². The quantitative estimate of drug-likeness (QED) is 0.184. The summed E-state index contributed by atoms with van der Waals surface area (Å²) in [5.41, 5.74) is 14.0. The van der Waals surface area contributed by atoms with Crippen LogP contribution < -0.4 is 0 Å². The Kier molecular flexibility index (Phi) is 7.13. The summed E-state index contributed by atoms with van der Waals surface area (Å²) in [7, 11) is 0. The van der Waals surface area contributed by atoms with Crippen molar-refractivity contribution in [3.63, 3.8) is 0 Å². The van der Waals surface area contributed by atoms with Gasteiger partial charge >= 0.3 is 0 Å². The van der Waals surface area contributed by atoms with Crippen LogP contribution in [0.3, 0.4) is 0 Å². The van der Waals surface area contributed by atoms with Gasteiger partial charge in [0.05, 0.1) is 28.2 Å². The summed E-state index contributed by atoms with van der Waals surface area (Å²) in [6.07, 6.45) is 7.72. The summed E-state index contributed by atoms with van der Waals surface area (Å²) < 4.78 is 0. The highest BCUT2D eigenvalue weighted by atomic mass is 14.9. The molecule has 4 nitrogen and oxygen atoms in total. The number of allylic oxidation sites excluding steroid dienone is 4. The first-order valence-electron chi connectivity index (χ1n) is 16.8. The molecule has 0 fully saturated rings. The van der Waals surface area contributed by atoms with Crippen LogP contribution in [-0.2, 0) is 5.41 Å². The van der Waals surface area contributed by atoms with Gasteiger partial charge < -0.3 is 0 Å². The molecule has 9 rings (SSSR count). The average molecular weight is 629 g/mol. The van der Waals surface area contributed by atoms with E-state index >= 15 is 0 Å². The Hall–Kier alpha value is -6.26. The number of nitrogens with zero attached hydrogens (tertiary/aromatic N) is 4. The fourth-order valence-electron chi connectivity index (χ4n) is 7.64. The van der Waals surface area contributed by atoms with E-state index in [0.717, 1.165) is 41.2 Å². The Bertz CT molecular complexity index is 2250. The topological polar surface area (TPSA) is 51.6 Å². The molecule has 2 aliphatic rings. The van der Waals surface area contributed by atoms with Crippen molar-refractivity contribution in [3.8, 4) is 33.9 Å². The highest BCUT2D eigenvalue weighted by molar-refractivity contribution is 5.93. The largest absolute Gasteiger partial charge is 0.255 e. The van der Waals surface area contributed by atoms with Gasteiger partial charge in [0.25, 0.3) is 0 Å². The molecule has 2 aliphatic carbocycles. The Labute approximate surface area is 286 Å². The maximum atomic E-state index is 5.17. The second-order valence-electron chi connectivity index (χ2n) is 12.6. The lowest BCUT2D eigenvalue weighted by atomic mass is 9.65. The molecule has 0 saturated carbocycles. The van der Waals surface area contributed by atoms with Crippen molar-refractivity contribution in [2.45, 2.75) is 18.3 Å². The molecule has 0 spiro atoms. The third kappa shape index (κ3) is 4.92. The first-order chi connectivity index (χ1) is 24.3. The minimum atomic E-state index is -0.522. The number of aromatic nitrogens is 4. The second-order valence-corrected chi connectivity index (χ2v) is 12.6. The van der Waals surface area contributed by atoms with Gasteiger partial charge in [-0.3, -0.25) is 9.97 Å². The smallest absolute Gasteiger partial charge is 0.156 e. The summed E-state index contributed by atoms with van der Waals surface area (Å²) in [5.74, 6) is 0.714. The van der Waals surface area contributed by atoms with Crippen molar-refractivity contribution in [1.82, 2.24) is 19.9 Å². The zero-order chi connectivity index (χ0) is 32.6. The SMILES string of the molecule is C1=C(c2nc(-c3ccccn3)cc(-c3ccccn3)n2)CCC2=C1C(c1ccccc1)(c1ccccc1)c1cc(-c3ccccc3)ccc12. The Morgan fingerprint density at radius 1 is 0.469 bits per heavy atom. The predicted octanol–water partition coefficient (Wildman–Crippen LogP) is 10.2. The van der Waals surface area contributed by atoms with Crippen LogP contribution in [0.15, 0.2) is 176 Å². The maximum Gasteiger partial charge on any atom is 0.156 e. The van der Waals surface area contributed by atoms with Crippen LogP contribution in [0, 0.1) is 0 Å². The standard InChI is InChI=1S/C45H32N4/c1-4-14-31(15-5-1)32-22-24-36-37-25-23-33(44-48-42(40-20-10-12-26-46-40)30-43(49-44)41-21-11-13-27-47-41)29-39(37)45(38(36)28-32,34-16-6-2-7-17-34)35-18-8-3-9-19-35/h1-22,24,26-30H,23,25H2. The maximum absolute atomic E-state index is 5.17. The summed E-state index contributed by atoms with van der Waals surface area (Å²) in [5, 5.41) is 0. The Morgan fingerprint density at radius 2 is 1.04 bits per heavy atom. The van der Waals surface area contributed by atoms with E-state index in [4.69, 9.17) is 9.97 Å². The molecule has 4 heteroatoms. The van der Waals surface area contributed by atoms with Crippen molar-refractivity contribution >= 4 is 11.1 Å². The van der Waals surface area contributed by atoms with Crippen LogP contribution in [0.1, 0.15) is 40.9 Å². The number of rotatable bonds is 6. The molecule has 0 N–H and O–H groups in total. The van der Waals surface area contributed by atoms with Gasteiger partial charge in [0.15, 0.2) is 5.82 Å². The van der Waals surface area contributed by atoms with Crippen molar-refractivity contribution in [2.75, 3.05) is 0 Å². The van der Waals surface area contributed by atoms with E-state index in [1.54, 1.807) is 0 Å². The number of benzene rings is 4. The number of pyridine rings is 2. The summed E-state index contributed by atoms with van der Waals surface area (Å²) in [6.45, 7) is 0. The van der Waals surface area contributed by atoms with Gasteiger partial charge in [0.1, 0.15) is 0 Å². The van der Waals surface area contributed by atoms with Crippen LogP contribution in [0.25, 0.3) is 45.0 Å². The van der Waals surface area contributed by atoms with Crippen LogP contribution in [0.2, 0.25) is 0 Å². The molecule has 0 bridgehead atoms. The van der Waals surface area contributed by atoms with Crippen molar-refractivity contribution in [3.05, 3.63) is 204 Å². The molecule has 0 unspecified atom stereocenters. The lowest BCUT2D eigenvalue weighted by Gasteiger charge is -2.36. The highest BCUT2D eigenvalue weighted by Crippen LogP contribution is 2.58. The van der Waals surface area contributed by atoms with E-state index in [0.29, 0.717) is 5.82 Å². The third-order valence-corrected chi connectivity index (χ3v) is 9.83. The van der Waals surface area contributed by atoms with Gasteiger partial charge in [-0.05, 0) is 99.3 Å². The molecule has 0 amide bonds. The monoisotopic (exact) mass is 628 g/mol. The van der Waals surface area contributed by atoms with E-state index < -0.39 is 5.41 Å². The lowest BCUT2D eigenvalue weighted by molar-refractivity contribution is 0.757. The van der Waals surface area contributed by atoms with Crippen molar-refractivity contribution in [2.24, 2.45) is 0 Å². The fourth-order valence-corrected chi connectivity index (χ4v) is 7.64. The molecule has 0 atom stereocenters. The van der Waals surface area contributed by atoms with E-state index in [1.165, 1.54) is 44.5 Å². The molecule has 49 heavy (non-hydrogen) atoms. The van der Waals surface area contributed by atoms with E-state index in [1.807, 2.05) is 54.9 Å². The first kappa shape index (κ1) is 28.9. The van der Waals surface area contributed by atoms with E-state index in [9.17, 15) is 0 Å². The molecule has 3 heterocycles. The molecular weight excluding hydrogens is 597 g/mol. The Balaban J connectivity index is 1.29. The number of hydrogen-bond donors (Lipinski definition) is 0. The van der Waals surface area contributed by atoms with E-state index in [-0.39, 0.29) is 0 Å². The average Bonchev–Trinajstić information content (AvgIpc) is 3.49. The van der Waals surface area contributed by atoms with Gasteiger partial charge in [-0.1, -0.05) is 121 Å². The van der Waals surface area contributed by atoms with Crippen LogP contribution in [-0.4, -0.2) is 19.9 Å².